The van der Waals surface area contributed by atoms with Crippen LogP contribution < -0.4 is 0 Å². The highest BCUT2D eigenvalue weighted by atomic mass is 16.3. The van der Waals surface area contributed by atoms with E-state index in [1.165, 1.54) is 11.1 Å². The molecule has 0 amide bonds. The smallest absolute Gasteiger partial charge is 0.0755 e. The molecule has 0 aromatic rings. The third-order valence-corrected chi connectivity index (χ3v) is 2.71. The number of rotatable bonds is 2. The summed E-state index contributed by atoms with van der Waals surface area (Å²) in [5.41, 5.74) is 2.40. The molecule has 0 spiro atoms. The molecule has 1 aliphatic carbocycles. The van der Waals surface area contributed by atoms with E-state index in [0.29, 0.717) is 5.92 Å². The van der Waals surface area contributed by atoms with Crippen molar-refractivity contribution in [1.29, 1.82) is 0 Å². The van der Waals surface area contributed by atoms with Gasteiger partial charge in [-0.05, 0) is 37.7 Å². The monoisotopic (exact) mass is 166 g/mol. The molecule has 1 N–H and O–H groups in total. The highest BCUT2D eigenvalue weighted by molar-refractivity contribution is 5.16. The molecule has 0 saturated carbocycles. The Hall–Kier alpha value is -0.560. The van der Waals surface area contributed by atoms with Gasteiger partial charge in [0.25, 0.3) is 0 Å². The summed E-state index contributed by atoms with van der Waals surface area (Å²) in [6, 6.07) is 0. The fourth-order valence-corrected chi connectivity index (χ4v) is 1.73. The van der Waals surface area contributed by atoms with Gasteiger partial charge in [0.2, 0.25) is 0 Å². The van der Waals surface area contributed by atoms with E-state index in [-0.39, 0.29) is 6.10 Å². The molecule has 0 fully saturated rings. The van der Waals surface area contributed by atoms with Gasteiger partial charge in [0.1, 0.15) is 0 Å². The Balaban J connectivity index is 2.63. The molecule has 0 aromatic carbocycles. The Bertz CT molecular complexity index is 203. The fourth-order valence-electron chi connectivity index (χ4n) is 1.73. The molecule has 0 aliphatic heterocycles. The number of aliphatic hydroxyl groups excluding tert-OH is 1. The van der Waals surface area contributed by atoms with Crippen molar-refractivity contribution in [3.63, 3.8) is 0 Å². The minimum absolute atomic E-state index is 0.217. The molecular formula is C11H18O. The average Bonchev–Trinajstić information content (AvgIpc) is 2.04. The van der Waals surface area contributed by atoms with E-state index in [9.17, 15) is 5.11 Å². The molecule has 2 unspecified atom stereocenters. The zero-order chi connectivity index (χ0) is 9.14. The molecule has 1 heteroatoms. The van der Waals surface area contributed by atoms with Crippen molar-refractivity contribution in [2.75, 3.05) is 0 Å². The summed E-state index contributed by atoms with van der Waals surface area (Å²) < 4.78 is 0. The Morgan fingerprint density at radius 2 is 2.42 bits per heavy atom. The molecule has 68 valence electrons. The van der Waals surface area contributed by atoms with Crippen LogP contribution in [0.4, 0.5) is 0 Å². The van der Waals surface area contributed by atoms with Gasteiger partial charge in [-0.2, -0.15) is 0 Å². The SMILES string of the molecule is C=C(C)C1CC=C(CC)C(O)C1. The first-order chi connectivity index (χ1) is 5.65. The summed E-state index contributed by atoms with van der Waals surface area (Å²) in [6.45, 7) is 8.06. The van der Waals surface area contributed by atoms with Gasteiger partial charge in [0.05, 0.1) is 6.10 Å². The van der Waals surface area contributed by atoms with Crippen molar-refractivity contribution in [1.82, 2.24) is 0 Å². The number of aliphatic hydroxyl groups is 1. The van der Waals surface area contributed by atoms with Crippen molar-refractivity contribution in [2.45, 2.75) is 39.2 Å². The van der Waals surface area contributed by atoms with Gasteiger partial charge >= 0.3 is 0 Å². The summed E-state index contributed by atoms with van der Waals surface area (Å²) in [7, 11) is 0. The largest absolute Gasteiger partial charge is 0.389 e. The molecule has 1 rings (SSSR count). The van der Waals surface area contributed by atoms with E-state index >= 15 is 0 Å². The van der Waals surface area contributed by atoms with E-state index in [0.717, 1.165) is 19.3 Å². The van der Waals surface area contributed by atoms with Gasteiger partial charge < -0.3 is 5.11 Å². The maximum atomic E-state index is 9.68. The second-order valence-corrected chi connectivity index (χ2v) is 3.66. The molecule has 1 nitrogen and oxygen atoms in total. The fraction of sp³-hybridized carbons (Fsp3) is 0.636. The standard InChI is InChI=1S/C11H18O/c1-4-9-5-6-10(8(2)3)7-11(9)12/h5,10-12H,2,4,6-7H2,1,3H3. The molecule has 0 radical (unpaired) electrons. The molecule has 0 aromatic heterocycles. The second-order valence-electron chi connectivity index (χ2n) is 3.66. The van der Waals surface area contributed by atoms with Crippen LogP contribution in [0.3, 0.4) is 0 Å². The lowest BCUT2D eigenvalue weighted by molar-refractivity contribution is 0.171. The van der Waals surface area contributed by atoms with Gasteiger partial charge in [-0.15, -0.1) is 0 Å². The topological polar surface area (TPSA) is 20.2 Å². The quantitative estimate of drug-likeness (QED) is 0.625. The zero-order valence-corrected chi connectivity index (χ0v) is 8.01. The summed E-state index contributed by atoms with van der Waals surface area (Å²) >= 11 is 0. The van der Waals surface area contributed by atoms with Crippen LogP contribution in [-0.4, -0.2) is 11.2 Å². The van der Waals surface area contributed by atoms with Crippen molar-refractivity contribution >= 4 is 0 Å². The lowest BCUT2D eigenvalue weighted by Gasteiger charge is -2.26. The number of allylic oxidation sites excluding steroid dienone is 2. The van der Waals surface area contributed by atoms with Crippen LogP contribution in [-0.2, 0) is 0 Å². The first kappa shape index (κ1) is 9.53. The number of hydrogen-bond donors (Lipinski definition) is 1. The molecular weight excluding hydrogens is 148 g/mol. The van der Waals surface area contributed by atoms with Crippen LogP contribution in [0.15, 0.2) is 23.8 Å². The first-order valence-corrected chi connectivity index (χ1v) is 4.67. The minimum atomic E-state index is -0.217. The first-order valence-electron chi connectivity index (χ1n) is 4.67. The van der Waals surface area contributed by atoms with Crippen molar-refractivity contribution in [3.8, 4) is 0 Å². The highest BCUT2D eigenvalue weighted by Crippen LogP contribution is 2.29. The van der Waals surface area contributed by atoms with Crippen molar-refractivity contribution in [2.24, 2.45) is 5.92 Å². The van der Waals surface area contributed by atoms with Gasteiger partial charge in [0.15, 0.2) is 0 Å². The average molecular weight is 166 g/mol. The third-order valence-electron chi connectivity index (χ3n) is 2.71. The maximum absolute atomic E-state index is 9.68. The zero-order valence-electron chi connectivity index (χ0n) is 8.01. The van der Waals surface area contributed by atoms with Gasteiger partial charge in [0, 0.05) is 0 Å². The number of hydrogen-bond acceptors (Lipinski definition) is 1. The molecule has 0 saturated heterocycles. The molecule has 2 atom stereocenters. The lowest BCUT2D eigenvalue weighted by Crippen LogP contribution is -2.20. The Kier molecular flexibility index (Phi) is 3.10. The summed E-state index contributed by atoms with van der Waals surface area (Å²) in [4.78, 5) is 0. The Morgan fingerprint density at radius 1 is 1.75 bits per heavy atom. The summed E-state index contributed by atoms with van der Waals surface area (Å²) in [5.74, 6) is 0.496. The van der Waals surface area contributed by atoms with Crippen molar-refractivity contribution < 1.29 is 5.11 Å². The highest BCUT2D eigenvalue weighted by Gasteiger charge is 2.21. The van der Waals surface area contributed by atoms with Crippen LogP contribution in [0.2, 0.25) is 0 Å². The molecule has 0 heterocycles. The van der Waals surface area contributed by atoms with Crippen LogP contribution in [0.1, 0.15) is 33.1 Å². The van der Waals surface area contributed by atoms with E-state index < -0.39 is 0 Å². The second kappa shape index (κ2) is 3.90. The summed E-state index contributed by atoms with van der Waals surface area (Å²) in [6.07, 6.45) is 4.87. The van der Waals surface area contributed by atoms with E-state index in [2.05, 4.69) is 19.6 Å². The van der Waals surface area contributed by atoms with E-state index in [1.807, 2.05) is 6.92 Å². The van der Waals surface area contributed by atoms with Crippen LogP contribution in [0, 0.1) is 5.92 Å². The lowest BCUT2D eigenvalue weighted by atomic mass is 9.83. The van der Waals surface area contributed by atoms with Crippen LogP contribution in [0.5, 0.6) is 0 Å². The molecule has 12 heavy (non-hydrogen) atoms. The van der Waals surface area contributed by atoms with Crippen molar-refractivity contribution in [3.05, 3.63) is 23.8 Å². The Morgan fingerprint density at radius 3 is 2.83 bits per heavy atom. The maximum Gasteiger partial charge on any atom is 0.0755 e. The van der Waals surface area contributed by atoms with Crippen LogP contribution in [0.25, 0.3) is 0 Å². The minimum Gasteiger partial charge on any atom is -0.389 e. The van der Waals surface area contributed by atoms with Gasteiger partial charge in [-0.25, -0.2) is 0 Å². The van der Waals surface area contributed by atoms with Crippen LogP contribution >= 0.6 is 0 Å². The predicted molar refractivity (Wildman–Crippen MR) is 51.9 cm³/mol. The van der Waals surface area contributed by atoms with Gasteiger partial charge in [-0.1, -0.05) is 25.2 Å². The third kappa shape index (κ3) is 1.98. The van der Waals surface area contributed by atoms with Gasteiger partial charge in [-0.3, -0.25) is 0 Å². The predicted octanol–water partition coefficient (Wildman–Crippen LogP) is 2.67. The normalized spacial score (nSPS) is 29.8. The summed E-state index contributed by atoms with van der Waals surface area (Å²) in [5, 5.41) is 9.68. The molecule has 1 aliphatic rings. The van der Waals surface area contributed by atoms with E-state index in [4.69, 9.17) is 0 Å². The van der Waals surface area contributed by atoms with E-state index in [1.54, 1.807) is 0 Å². The molecule has 0 bridgehead atoms. The Labute approximate surface area is 74.8 Å².